The highest BCUT2D eigenvalue weighted by molar-refractivity contribution is 7.08. The van der Waals surface area contributed by atoms with Crippen LogP contribution in [0.3, 0.4) is 0 Å². The van der Waals surface area contributed by atoms with Gasteiger partial charge < -0.3 is 11.1 Å². The predicted molar refractivity (Wildman–Crippen MR) is 88.9 cm³/mol. The highest BCUT2D eigenvalue weighted by Crippen LogP contribution is 2.27. The van der Waals surface area contributed by atoms with Gasteiger partial charge in [-0.1, -0.05) is 12.8 Å². The number of hydrogen-bond donors (Lipinski definition) is 3. The lowest BCUT2D eigenvalue weighted by atomic mass is 9.91. The molecule has 0 spiro atoms. The smallest absolute Gasteiger partial charge is 0.163 e. The third-order valence-corrected chi connectivity index (χ3v) is 4.90. The van der Waals surface area contributed by atoms with E-state index in [1.165, 1.54) is 12.8 Å². The van der Waals surface area contributed by atoms with Gasteiger partial charge in [0.05, 0.1) is 6.20 Å². The van der Waals surface area contributed by atoms with Crippen molar-refractivity contribution in [2.75, 3.05) is 5.32 Å². The minimum atomic E-state index is 0.172. The molecular weight excluding hydrogens is 296 g/mol. The van der Waals surface area contributed by atoms with E-state index in [1.54, 1.807) is 17.5 Å². The molecule has 1 aliphatic rings. The van der Waals surface area contributed by atoms with Gasteiger partial charge in [-0.15, -0.1) is 0 Å². The fourth-order valence-electron chi connectivity index (χ4n) is 2.98. The van der Waals surface area contributed by atoms with Gasteiger partial charge in [-0.2, -0.15) is 16.4 Å². The van der Waals surface area contributed by atoms with Gasteiger partial charge in [0.25, 0.3) is 0 Å². The molecular formula is C15H18N6S. The van der Waals surface area contributed by atoms with Crippen LogP contribution in [-0.2, 0) is 0 Å². The van der Waals surface area contributed by atoms with E-state index in [4.69, 9.17) is 10.7 Å². The van der Waals surface area contributed by atoms with Crippen LogP contribution in [0.1, 0.15) is 25.7 Å². The van der Waals surface area contributed by atoms with Crippen LogP contribution in [0.2, 0.25) is 0 Å². The van der Waals surface area contributed by atoms with Crippen LogP contribution in [0, 0.1) is 0 Å². The molecule has 3 aromatic rings. The van der Waals surface area contributed by atoms with Crippen molar-refractivity contribution in [3.05, 3.63) is 23.0 Å². The highest BCUT2D eigenvalue weighted by Gasteiger charge is 2.23. The summed E-state index contributed by atoms with van der Waals surface area (Å²) in [5.41, 5.74) is 8.95. The predicted octanol–water partition coefficient (Wildman–Crippen LogP) is 2.76. The standard InChI is InChI=1S/C15H18N6S/c16-10-3-1-2-4-11(10)18-15-13-12(7-17-21-13)19-14(20-15)9-5-6-22-8-9/h5-8,10-11H,1-4,16H2,(H,17,21)(H,18,19,20)/t10-,11+/m1/s1. The molecule has 0 unspecified atom stereocenters. The molecule has 0 aliphatic heterocycles. The number of aromatic amines is 1. The van der Waals surface area contributed by atoms with Gasteiger partial charge in [-0.05, 0) is 24.3 Å². The van der Waals surface area contributed by atoms with Crippen molar-refractivity contribution in [3.8, 4) is 11.4 Å². The maximum absolute atomic E-state index is 6.25. The summed E-state index contributed by atoms with van der Waals surface area (Å²) in [4.78, 5) is 9.28. The number of H-pyrrole nitrogens is 1. The Labute approximate surface area is 132 Å². The number of nitrogens with one attached hydrogen (secondary N) is 2. The fourth-order valence-corrected chi connectivity index (χ4v) is 3.61. The van der Waals surface area contributed by atoms with Gasteiger partial charge in [0, 0.05) is 23.0 Å². The van der Waals surface area contributed by atoms with Crippen LogP contribution in [0.15, 0.2) is 23.0 Å². The quantitative estimate of drug-likeness (QED) is 0.691. The molecule has 4 rings (SSSR count). The lowest BCUT2D eigenvalue weighted by Gasteiger charge is -2.29. The number of nitrogens with zero attached hydrogens (tertiary/aromatic N) is 3. The Morgan fingerprint density at radius 2 is 2.18 bits per heavy atom. The van der Waals surface area contributed by atoms with E-state index in [0.29, 0.717) is 0 Å². The number of aromatic nitrogens is 4. The SMILES string of the molecule is N[C@@H]1CCCC[C@@H]1Nc1nc(-c2ccsc2)nc2cn[nH]c12. The molecule has 1 saturated carbocycles. The average Bonchev–Trinajstić information content (AvgIpc) is 3.20. The summed E-state index contributed by atoms with van der Waals surface area (Å²) in [7, 11) is 0. The van der Waals surface area contributed by atoms with Crippen LogP contribution in [0.25, 0.3) is 22.4 Å². The minimum Gasteiger partial charge on any atom is -0.364 e. The van der Waals surface area contributed by atoms with Gasteiger partial charge >= 0.3 is 0 Å². The van der Waals surface area contributed by atoms with Crippen molar-refractivity contribution in [2.45, 2.75) is 37.8 Å². The Kier molecular flexibility index (Phi) is 3.51. The summed E-state index contributed by atoms with van der Waals surface area (Å²) >= 11 is 1.64. The number of fused-ring (bicyclic) bond motifs is 1. The molecule has 1 aliphatic carbocycles. The molecule has 4 N–H and O–H groups in total. The molecule has 3 heterocycles. The second kappa shape index (κ2) is 5.66. The normalized spacial score (nSPS) is 22.0. The Hall–Kier alpha value is -1.99. The Bertz CT molecular complexity index is 766. The first-order chi connectivity index (χ1) is 10.8. The van der Waals surface area contributed by atoms with E-state index >= 15 is 0 Å². The number of nitrogens with two attached hydrogens (primary N) is 1. The van der Waals surface area contributed by atoms with Crippen molar-refractivity contribution < 1.29 is 0 Å². The molecule has 7 heteroatoms. The highest BCUT2D eigenvalue weighted by atomic mass is 32.1. The molecule has 0 amide bonds. The lowest BCUT2D eigenvalue weighted by molar-refractivity contribution is 0.403. The van der Waals surface area contributed by atoms with E-state index in [1.807, 2.05) is 11.4 Å². The third kappa shape index (κ3) is 2.46. The van der Waals surface area contributed by atoms with E-state index in [2.05, 4.69) is 25.9 Å². The summed E-state index contributed by atoms with van der Waals surface area (Å²) in [6.45, 7) is 0. The zero-order valence-electron chi connectivity index (χ0n) is 12.1. The van der Waals surface area contributed by atoms with Crippen LogP contribution in [0.5, 0.6) is 0 Å². The molecule has 2 atom stereocenters. The zero-order valence-corrected chi connectivity index (χ0v) is 12.9. The number of hydrogen-bond acceptors (Lipinski definition) is 6. The van der Waals surface area contributed by atoms with Gasteiger partial charge in [0.2, 0.25) is 0 Å². The minimum absolute atomic E-state index is 0.172. The van der Waals surface area contributed by atoms with Crippen LogP contribution in [-0.4, -0.2) is 32.2 Å². The topological polar surface area (TPSA) is 92.5 Å². The van der Waals surface area contributed by atoms with Crippen LogP contribution < -0.4 is 11.1 Å². The molecule has 3 aromatic heterocycles. The number of thiophene rings is 1. The van der Waals surface area contributed by atoms with Crippen molar-refractivity contribution in [3.63, 3.8) is 0 Å². The molecule has 6 nitrogen and oxygen atoms in total. The summed E-state index contributed by atoms with van der Waals surface area (Å²) in [6, 6.07) is 2.46. The van der Waals surface area contributed by atoms with Crippen LogP contribution >= 0.6 is 11.3 Å². The maximum atomic E-state index is 6.25. The molecule has 114 valence electrons. The summed E-state index contributed by atoms with van der Waals surface area (Å²) in [5, 5.41) is 14.7. The summed E-state index contributed by atoms with van der Waals surface area (Å²) < 4.78 is 0. The lowest BCUT2D eigenvalue weighted by Crippen LogP contribution is -2.42. The van der Waals surface area contributed by atoms with E-state index in [9.17, 15) is 0 Å². The van der Waals surface area contributed by atoms with E-state index < -0.39 is 0 Å². The van der Waals surface area contributed by atoms with E-state index in [0.717, 1.165) is 41.1 Å². The first kappa shape index (κ1) is 13.7. The fraction of sp³-hybridized carbons (Fsp3) is 0.400. The molecule has 0 bridgehead atoms. The third-order valence-electron chi connectivity index (χ3n) is 4.22. The van der Waals surface area contributed by atoms with Gasteiger partial charge in [0.15, 0.2) is 11.6 Å². The van der Waals surface area contributed by atoms with Gasteiger partial charge in [-0.3, -0.25) is 5.10 Å². The molecule has 0 aromatic carbocycles. The van der Waals surface area contributed by atoms with Crippen molar-refractivity contribution in [2.24, 2.45) is 5.73 Å². The first-order valence-electron chi connectivity index (χ1n) is 7.57. The molecule has 0 saturated heterocycles. The van der Waals surface area contributed by atoms with Crippen molar-refractivity contribution >= 4 is 28.2 Å². The van der Waals surface area contributed by atoms with Crippen LogP contribution in [0.4, 0.5) is 5.82 Å². The average molecular weight is 314 g/mol. The summed E-state index contributed by atoms with van der Waals surface area (Å²) in [6.07, 6.45) is 6.29. The molecule has 22 heavy (non-hydrogen) atoms. The number of rotatable bonds is 3. The van der Waals surface area contributed by atoms with Crippen molar-refractivity contribution in [1.29, 1.82) is 0 Å². The maximum Gasteiger partial charge on any atom is 0.163 e. The monoisotopic (exact) mass is 314 g/mol. The second-order valence-corrected chi connectivity index (χ2v) is 6.52. The Morgan fingerprint density at radius 3 is 3.00 bits per heavy atom. The Morgan fingerprint density at radius 1 is 1.27 bits per heavy atom. The van der Waals surface area contributed by atoms with E-state index in [-0.39, 0.29) is 12.1 Å². The van der Waals surface area contributed by atoms with Crippen molar-refractivity contribution in [1.82, 2.24) is 20.2 Å². The number of anilines is 1. The van der Waals surface area contributed by atoms with Gasteiger partial charge in [-0.25, -0.2) is 9.97 Å². The second-order valence-electron chi connectivity index (χ2n) is 5.74. The molecule has 1 fully saturated rings. The zero-order chi connectivity index (χ0) is 14.9. The first-order valence-corrected chi connectivity index (χ1v) is 8.51. The summed E-state index contributed by atoms with van der Waals surface area (Å²) in [5.74, 6) is 1.52. The largest absolute Gasteiger partial charge is 0.364 e. The molecule has 0 radical (unpaired) electrons. The van der Waals surface area contributed by atoms with Gasteiger partial charge in [0.1, 0.15) is 11.0 Å². The Balaban J connectivity index is 1.73.